The average molecular weight is 384 g/mol. The predicted molar refractivity (Wildman–Crippen MR) is 101 cm³/mol. The van der Waals surface area contributed by atoms with Crippen molar-refractivity contribution in [2.75, 3.05) is 18.4 Å². The number of halogens is 1. The van der Waals surface area contributed by atoms with E-state index in [1.54, 1.807) is 24.3 Å². The molecule has 3 N–H and O–H groups in total. The highest BCUT2D eigenvalue weighted by Gasteiger charge is 2.29. The van der Waals surface area contributed by atoms with Crippen LogP contribution in [0.4, 0.5) is 5.69 Å². The van der Waals surface area contributed by atoms with E-state index in [9.17, 15) is 13.2 Å². The van der Waals surface area contributed by atoms with Crippen molar-refractivity contribution in [3.8, 4) is 0 Å². The van der Waals surface area contributed by atoms with Crippen molar-refractivity contribution in [3.63, 3.8) is 0 Å². The minimum Gasteiger partial charge on any atom is -0.328 e. The van der Waals surface area contributed by atoms with E-state index in [0.29, 0.717) is 42.4 Å². The first-order chi connectivity index (χ1) is 11.4. The minimum atomic E-state index is -3.59. The van der Waals surface area contributed by atoms with Crippen LogP contribution in [0.25, 0.3) is 10.8 Å². The Bertz CT molecular complexity index is 878. The Kier molecular flexibility index (Phi) is 6.05. The highest BCUT2D eigenvalue weighted by molar-refractivity contribution is 7.89. The molecule has 1 aliphatic rings. The number of nitrogens with zero attached hydrogens (tertiary/aromatic N) is 1. The van der Waals surface area contributed by atoms with Crippen LogP contribution in [0.3, 0.4) is 0 Å². The summed E-state index contributed by atoms with van der Waals surface area (Å²) in [5, 5.41) is 4.07. The van der Waals surface area contributed by atoms with E-state index in [-0.39, 0.29) is 29.3 Å². The number of sulfonamides is 1. The number of hydrogen-bond acceptors (Lipinski definition) is 4. The Morgan fingerprint density at radius 3 is 2.32 bits per heavy atom. The van der Waals surface area contributed by atoms with E-state index in [4.69, 9.17) is 5.73 Å². The number of anilines is 1. The number of benzene rings is 2. The summed E-state index contributed by atoms with van der Waals surface area (Å²) in [7, 11) is -3.59. The minimum absolute atomic E-state index is 0. The van der Waals surface area contributed by atoms with Gasteiger partial charge in [-0.05, 0) is 25.0 Å². The normalized spacial score (nSPS) is 16.4. The van der Waals surface area contributed by atoms with Crippen LogP contribution in [-0.4, -0.2) is 37.8 Å². The number of carbonyl (C=O) groups is 1. The van der Waals surface area contributed by atoms with Gasteiger partial charge < -0.3 is 11.1 Å². The van der Waals surface area contributed by atoms with Gasteiger partial charge in [-0.3, -0.25) is 4.79 Å². The molecule has 1 fully saturated rings. The summed E-state index contributed by atoms with van der Waals surface area (Å²) in [5.41, 5.74) is 6.48. The molecule has 1 amide bonds. The van der Waals surface area contributed by atoms with Gasteiger partial charge in [0.25, 0.3) is 0 Å². The standard InChI is InChI=1S/C17H21N3O3S.ClH/c1-12(21)19-16-6-7-17(15-5-3-2-4-14(15)16)24(22,23)20-10-8-13(18)9-11-20;/h2-7,13H,8-11,18H2,1H3,(H,19,21);1H. The Morgan fingerprint density at radius 2 is 1.72 bits per heavy atom. The van der Waals surface area contributed by atoms with Crippen molar-refractivity contribution in [2.24, 2.45) is 5.73 Å². The SMILES string of the molecule is CC(=O)Nc1ccc(S(=O)(=O)N2CCC(N)CC2)c2ccccc12.Cl. The molecule has 25 heavy (non-hydrogen) atoms. The van der Waals surface area contributed by atoms with Crippen molar-refractivity contribution >= 4 is 44.8 Å². The lowest BCUT2D eigenvalue weighted by Crippen LogP contribution is -2.42. The van der Waals surface area contributed by atoms with Gasteiger partial charge in [0.1, 0.15) is 0 Å². The number of fused-ring (bicyclic) bond motifs is 1. The number of rotatable bonds is 3. The van der Waals surface area contributed by atoms with Gasteiger partial charge in [0.2, 0.25) is 15.9 Å². The number of nitrogens with one attached hydrogen (secondary N) is 1. The van der Waals surface area contributed by atoms with Crippen LogP contribution < -0.4 is 11.1 Å². The van der Waals surface area contributed by atoms with E-state index in [1.165, 1.54) is 11.2 Å². The molecule has 0 atom stereocenters. The second-order valence-electron chi connectivity index (χ2n) is 6.08. The van der Waals surface area contributed by atoms with Crippen LogP contribution in [0.15, 0.2) is 41.3 Å². The molecule has 1 heterocycles. The molecule has 2 aromatic carbocycles. The lowest BCUT2D eigenvalue weighted by molar-refractivity contribution is -0.114. The smallest absolute Gasteiger partial charge is 0.243 e. The Labute approximate surface area is 153 Å². The van der Waals surface area contributed by atoms with E-state index in [2.05, 4.69) is 5.32 Å². The summed E-state index contributed by atoms with van der Waals surface area (Å²) < 4.78 is 27.6. The fourth-order valence-electron chi connectivity index (χ4n) is 3.05. The highest BCUT2D eigenvalue weighted by atomic mass is 35.5. The molecule has 0 bridgehead atoms. The summed E-state index contributed by atoms with van der Waals surface area (Å²) in [4.78, 5) is 11.6. The van der Waals surface area contributed by atoms with Crippen molar-refractivity contribution in [2.45, 2.75) is 30.7 Å². The van der Waals surface area contributed by atoms with Gasteiger partial charge >= 0.3 is 0 Å². The van der Waals surface area contributed by atoms with E-state index in [1.807, 2.05) is 12.1 Å². The first-order valence-electron chi connectivity index (χ1n) is 7.94. The van der Waals surface area contributed by atoms with Crippen molar-refractivity contribution in [3.05, 3.63) is 36.4 Å². The van der Waals surface area contributed by atoms with Crippen LogP contribution in [0, 0.1) is 0 Å². The largest absolute Gasteiger partial charge is 0.328 e. The maximum absolute atomic E-state index is 13.0. The maximum Gasteiger partial charge on any atom is 0.243 e. The zero-order valence-corrected chi connectivity index (χ0v) is 15.6. The van der Waals surface area contributed by atoms with Gasteiger partial charge in [-0.25, -0.2) is 8.42 Å². The molecule has 136 valence electrons. The summed E-state index contributed by atoms with van der Waals surface area (Å²) in [6.07, 6.45) is 1.34. The van der Waals surface area contributed by atoms with Crippen LogP contribution in [0.5, 0.6) is 0 Å². The zero-order valence-electron chi connectivity index (χ0n) is 13.9. The second-order valence-corrected chi connectivity index (χ2v) is 7.99. The Hall–Kier alpha value is -1.67. The van der Waals surface area contributed by atoms with Crippen molar-refractivity contribution in [1.29, 1.82) is 0 Å². The summed E-state index contributed by atoms with van der Waals surface area (Å²) in [5.74, 6) is -0.194. The molecule has 0 aliphatic carbocycles. The molecule has 6 nitrogen and oxygen atoms in total. The van der Waals surface area contributed by atoms with Crippen molar-refractivity contribution in [1.82, 2.24) is 4.31 Å². The highest BCUT2D eigenvalue weighted by Crippen LogP contribution is 2.32. The average Bonchev–Trinajstić information content (AvgIpc) is 2.55. The third-order valence-electron chi connectivity index (χ3n) is 4.31. The molecule has 0 spiro atoms. The molecule has 3 rings (SSSR count). The molecular weight excluding hydrogens is 362 g/mol. The molecule has 1 aliphatic heterocycles. The number of nitrogens with two attached hydrogens (primary N) is 1. The predicted octanol–water partition coefficient (Wildman–Crippen LogP) is 2.33. The summed E-state index contributed by atoms with van der Waals surface area (Å²) in [6, 6.07) is 10.5. The quantitative estimate of drug-likeness (QED) is 0.850. The monoisotopic (exact) mass is 383 g/mol. The number of hydrogen-bond donors (Lipinski definition) is 2. The fraction of sp³-hybridized carbons (Fsp3) is 0.353. The topological polar surface area (TPSA) is 92.5 Å². The third-order valence-corrected chi connectivity index (χ3v) is 6.27. The van der Waals surface area contributed by atoms with E-state index < -0.39 is 10.0 Å². The molecule has 0 aromatic heterocycles. The zero-order chi connectivity index (χ0) is 17.3. The van der Waals surface area contributed by atoms with Crippen LogP contribution >= 0.6 is 12.4 Å². The number of piperidine rings is 1. The van der Waals surface area contributed by atoms with Crippen LogP contribution in [0.1, 0.15) is 19.8 Å². The number of carbonyl (C=O) groups excluding carboxylic acids is 1. The van der Waals surface area contributed by atoms with E-state index in [0.717, 1.165) is 0 Å². The molecule has 8 heteroatoms. The molecule has 1 saturated heterocycles. The molecule has 2 aromatic rings. The Morgan fingerprint density at radius 1 is 1.12 bits per heavy atom. The number of amides is 1. The lowest BCUT2D eigenvalue weighted by Gasteiger charge is -2.29. The van der Waals surface area contributed by atoms with Gasteiger partial charge in [0.15, 0.2) is 0 Å². The van der Waals surface area contributed by atoms with Gasteiger partial charge in [0, 0.05) is 42.5 Å². The second kappa shape index (κ2) is 7.70. The van der Waals surface area contributed by atoms with Gasteiger partial charge in [0.05, 0.1) is 4.90 Å². The Balaban J connectivity index is 0.00000225. The van der Waals surface area contributed by atoms with Crippen molar-refractivity contribution < 1.29 is 13.2 Å². The van der Waals surface area contributed by atoms with E-state index >= 15 is 0 Å². The fourth-order valence-corrected chi connectivity index (χ4v) is 4.72. The maximum atomic E-state index is 13.0. The van der Waals surface area contributed by atoms with Crippen LogP contribution in [0.2, 0.25) is 0 Å². The first-order valence-corrected chi connectivity index (χ1v) is 9.38. The first kappa shape index (κ1) is 19.7. The summed E-state index contributed by atoms with van der Waals surface area (Å²) >= 11 is 0. The molecule has 0 radical (unpaired) electrons. The lowest BCUT2D eigenvalue weighted by atomic mass is 10.1. The van der Waals surface area contributed by atoms with Gasteiger partial charge in [-0.1, -0.05) is 24.3 Å². The molecular formula is C17H22ClN3O3S. The molecule has 0 saturated carbocycles. The van der Waals surface area contributed by atoms with Gasteiger partial charge in [-0.2, -0.15) is 4.31 Å². The summed E-state index contributed by atoms with van der Waals surface area (Å²) in [6.45, 7) is 2.30. The third kappa shape index (κ3) is 3.95. The van der Waals surface area contributed by atoms with Gasteiger partial charge in [-0.15, -0.1) is 12.4 Å². The molecule has 0 unspecified atom stereocenters. The van der Waals surface area contributed by atoms with Crippen LogP contribution in [-0.2, 0) is 14.8 Å².